The molecule has 1 N–H and O–H groups in total. The summed E-state index contributed by atoms with van der Waals surface area (Å²) >= 11 is 0. The molecule has 2 rings (SSSR count). The molecular weight excluding hydrogens is 328 g/mol. The Morgan fingerprint density at radius 2 is 1.96 bits per heavy atom. The molecule has 0 saturated heterocycles. The first kappa shape index (κ1) is 18.1. The first-order valence-electron chi connectivity index (χ1n) is 7.46. The predicted octanol–water partition coefficient (Wildman–Crippen LogP) is 1.40. The molecule has 0 aliphatic rings. The molecule has 9 nitrogen and oxygen atoms in total. The minimum atomic E-state index is -1.19. The molecule has 1 heterocycles. The zero-order chi connectivity index (χ0) is 18.7. The molecule has 1 amide bonds. The van der Waals surface area contributed by atoms with Crippen LogP contribution in [0.2, 0.25) is 0 Å². The number of likely N-dealkylation sites (N-methyl/N-ethyl adjacent to an activating group) is 1. The lowest BCUT2D eigenvalue weighted by atomic mass is 10.0. The summed E-state index contributed by atoms with van der Waals surface area (Å²) in [4.78, 5) is 35.9. The van der Waals surface area contributed by atoms with E-state index in [9.17, 15) is 24.8 Å². The lowest BCUT2D eigenvalue weighted by Gasteiger charge is -2.24. The molecule has 0 aliphatic heterocycles. The van der Waals surface area contributed by atoms with Crippen molar-refractivity contribution in [3.8, 4) is 0 Å². The van der Waals surface area contributed by atoms with Gasteiger partial charge in [-0.15, -0.1) is 0 Å². The van der Waals surface area contributed by atoms with Crippen molar-refractivity contribution >= 4 is 17.6 Å². The van der Waals surface area contributed by atoms with Crippen molar-refractivity contribution in [2.45, 2.75) is 19.4 Å². The number of nitro groups is 1. The van der Waals surface area contributed by atoms with Crippen LogP contribution in [0.4, 0.5) is 5.69 Å². The first-order chi connectivity index (χ1) is 11.7. The van der Waals surface area contributed by atoms with Crippen LogP contribution < -0.4 is 0 Å². The summed E-state index contributed by atoms with van der Waals surface area (Å²) in [5.41, 5.74) is 0.178. The van der Waals surface area contributed by atoms with E-state index in [1.807, 2.05) is 0 Å². The zero-order valence-corrected chi connectivity index (χ0v) is 14.0. The number of aryl methyl sites for hydroxylation is 2. The number of benzene rings is 1. The second-order valence-electron chi connectivity index (χ2n) is 5.62. The van der Waals surface area contributed by atoms with Crippen LogP contribution in [0, 0.1) is 17.0 Å². The van der Waals surface area contributed by atoms with E-state index in [1.165, 1.54) is 21.0 Å². The van der Waals surface area contributed by atoms with Crippen LogP contribution in [0.3, 0.4) is 0 Å². The molecule has 0 radical (unpaired) electrons. The van der Waals surface area contributed by atoms with Crippen LogP contribution in [0.1, 0.15) is 21.7 Å². The van der Waals surface area contributed by atoms with Gasteiger partial charge >= 0.3 is 11.7 Å². The number of carboxylic acids is 1. The second kappa shape index (κ2) is 7.12. The number of aliphatic carboxylic acids is 1. The van der Waals surface area contributed by atoms with Gasteiger partial charge in [0, 0.05) is 20.5 Å². The smallest absolute Gasteiger partial charge is 0.326 e. The number of nitrogens with zero attached hydrogens (tertiary/aromatic N) is 4. The van der Waals surface area contributed by atoms with Crippen LogP contribution in [-0.4, -0.2) is 49.7 Å². The first-order valence-corrected chi connectivity index (χ1v) is 7.46. The van der Waals surface area contributed by atoms with Gasteiger partial charge in [0.1, 0.15) is 11.7 Å². The largest absolute Gasteiger partial charge is 0.480 e. The van der Waals surface area contributed by atoms with Gasteiger partial charge < -0.3 is 10.0 Å². The maximum Gasteiger partial charge on any atom is 0.326 e. The maximum atomic E-state index is 12.7. The number of aromatic nitrogens is 2. The molecule has 0 bridgehead atoms. The second-order valence-corrected chi connectivity index (χ2v) is 5.62. The molecule has 0 fully saturated rings. The lowest BCUT2D eigenvalue weighted by molar-refractivity contribution is -0.385. The molecule has 2 aromatic rings. The minimum absolute atomic E-state index is 0.0864. The summed E-state index contributed by atoms with van der Waals surface area (Å²) in [6.45, 7) is 1.42. The topological polar surface area (TPSA) is 119 Å². The van der Waals surface area contributed by atoms with Gasteiger partial charge in [-0.25, -0.2) is 4.79 Å². The molecule has 0 saturated carbocycles. The molecule has 1 aromatic carbocycles. The number of amides is 1. The third-order valence-electron chi connectivity index (χ3n) is 3.92. The third-order valence-corrected chi connectivity index (χ3v) is 3.92. The van der Waals surface area contributed by atoms with Crippen LogP contribution in [0.25, 0.3) is 0 Å². The van der Waals surface area contributed by atoms with Crippen LogP contribution in [0.15, 0.2) is 30.3 Å². The Labute approximate surface area is 143 Å². The number of carboxylic acid groups (broad SMARTS) is 1. The van der Waals surface area contributed by atoms with Crippen molar-refractivity contribution in [1.82, 2.24) is 14.7 Å². The Kier molecular flexibility index (Phi) is 5.16. The van der Waals surface area contributed by atoms with E-state index in [2.05, 4.69) is 5.10 Å². The average Bonchev–Trinajstić information content (AvgIpc) is 2.86. The van der Waals surface area contributed by atoms with E-state index in [-0.39, 0.29) is 17.8 Å². The molecule has 132 valence electrons. The van der Waals surface area contributed by atoms with Gasteiger partial charge in [-0.05, 0) is 12.5 Å². The summed E-state index contributed by atoms with van der Waals surface area (Å²) in [6, 6.07) is 7.69. The minimum Gasteiger partial charge on any atom is -0.480 e. The van der Waals surface area contributed by atoms with Gasteiger partial charge in [0.15, 0.2) is 0 Å². The Bertz CT molecular complexity index is 815. The summed E-state index contributed by atoms with van der Waals surface area (Å²) in [7, 11) is 2.73. The molecule has 1 atom stereocenters. The zero-order valence-electron chi connectivity index (χ0n) is 14.0. The normalized spacial score (nSPS) is 11.8. The number of hydrogen-bond donors (Lipinski definition) is 1. The Balaban J connectivity index is 2.37. The van der Waals surface area contributed by atoms with Gasteiger partial charge in [-0.1, -0.05) is 30.3 Å². The van der Waals surface area contributed by atoms with Gasteiger partial charge in [0.05, 0.1) is 4.92 Å². The summed E-state index contributed by atoms with van der Waals surface area (Å²) < 4.78 is 1.10. The molecule has 9 heteroatoms. The average molecular weight is 346 g/mol. The highest BCUT2D eigenvalue weighted by Gasteiger charge is 2.35. The Morgan fingerprint density at radius 3 is 2.48 bits per heavy atom. The van der Waals surface area contributed by atoms with E-state index in [4.69, 9.17) is 0 Å². The maximum absolute atomic E-state index is 12.7. The van der Waals surface area contributed by atoms with Crippen molar-refractivity contribution in [2.24, 2.45) is 7.05 Å². The predicted molar refractivity (Wildman–Crippen MR) is 88.3 cm³/mol. The number of carbonyl (C=O) groups is 2. The highest BCUT2D eigenvalue weighted by molar-refractivity contribution is 5.98. The van der Waals surface area contributed by atoms with Gasteiger partial charge in [-0.2, -0.15) is 5.10 Å². The molecule has 0 aliphatic carbocycles. The summed E-state index contributed by atoms with van der Waals surface area (Å²) in [6.07, 6.45) is 0.0864. The third kappa shape index (κ3) is 3.65. The van der Waals surface area contributed by atoms with Crippen molar-refractivity contribution in [1.29, 1.82) is 0 Å². The fourth-order valence-corrected chi connectivity index (χ4v) is 2.64. The van der Waals surface area contributed by atoms with Gasteiger partial charge in [0.25, 0.3) is 5.91 Å². The van der Waals surface area contributed by atoms with Crippen molar-refractivity contribution in [3.05, 3.63) is 57.4 Å². The van der Waals surface area contributed by atoms with Crippen molar-refractivity contribution in [2.75, 3.05) is 7.05 Å². The van der Waals surface area contributed by atoms with Gasteiger partial charge in [-0.3, -0.25) is 19.6 Å². The quantitative estimate of drug-likeness (QED) is 0.624. The molecule has 1 unspecified atom stereocenters. The van der Waals surface area contributed by atoms with Crippen LogP contribution in [-0.2, 0) is 18.3 Å². The van der Waals surface area contributed by atoms with E-state index in [0.29, 0.717) is 0 Å². The molecule has 0 spiro atoms. The standard InChI is InChI=1S/C16H18N4O5/c1-10-13(20(24)25)14(19(3)17-10)15(21)18(2)12(16(22)23)9-11-7-5-4-6-8-11/h4-8,12H,9H2,1-3H3,(H,22,23). The van der Waals surface area contributed by atoms with Crippen LogP contribution >= 0.6 is 0 Å². The number of rotatable bonds is 6. The molecular formula is C16H18N4O5. The van der Waals surface area contributed by atoms with Crippen molar-refractivity contribution in [3.63, 3.8) is 0 Å². The van der Waals surface area contributed by atoms with E-state index >= 15 is 0 Å². The summed E-state index contributed by atoms with van der Waals surface area (Å²) in [5.74, 6) is -1.96. The Morgan fingerprint density at radius 1 is 1.36 bits per heavy atom. The summed E-state index contributed by atoms with van der Waals surface area (Å²) in [5, 5.41) is 24.7. The van der Waals surface area contributed by atoms with E-state index in [0.717, 1.165) is 15.1 Å². The molecule has 1 aromatic heterocycles. The molecule has 25 heavy (non-hydrogen) atoms. The fourth-order valence-electron chi connectivity index (χ4n) is 2.64. The number of carbonyl (C=O) groups excluding carboxylic acids is 1. The fraction of sp³-hybridized carbons (Fsp3) is 0.312. The van der Waals surface area contributed by atoms with E-state index < -0.39 is 28.5 Å². The lowest BCUT2D eigenvalue weighted by Crippen LogP contribution is -2.44. The van der Waals surface area contributed by atoms with Crippen molar-refractivity contribution < 1.29 is 19.6 Å². The van der Waals surface area contributed by atoms with Gasteiger partial charge in [0.2, 0.25) is 5.69 Å². The highest BCUT2D eigenvalue weighted by Crippen LogP contribution is 2.24. The van der Waals surface area contributed by atoms with E-state index in [1.54, 1.807) is 30.3 Å². The monoisotopic (exact) mass is 346 g/mol. The highest BCUT2D eigenvalue weighted by atomic mass is 16.6. The Hall–Kier alpha value is -3.23. The SMILES string of the molecule is Cc1nn(C)c(C(=O)N(C)C(Cc2ccccc2)C(=O)O)c1[N+](=O)[O-]. The van der Waals surface area contributed by atoms with Crippen LogP contribution in [0.5, 0.6) is 0 Å². The number of hydrogen-bond acceptors (Lipinski definition) is 5.